The van der Waals surface area contributed by atoms with E-state index in [1.54, 1.807) is 4.90 Å². The summed E-state index contributed by atoms with van der Waals surface area (Å²) in [6.07, 6.45) is 1.59. The van der Waals surface area contributed by atoms with Crippen LogP contribution in [0, 0.1) is 5.92 Å². The highest BCUT2D eigenvalue weighted by atomic mass is 32.2. The minimum Gasteiger partial charge on any atom is -0.371 e. The number of rotatable bonds is 5. The Kier molecular flexibility index (Phi) is 5.10. The van der Waals surface area contributed by atoms with Crippen molar-refractivity contribution in [2.45, 2.75) is 19.8 Å². The first-order valence-corrected chi connectivity index (χ1v) is 9.17. The summed E-state index contributed by atoms with van der Waals surface area (Å²) in [7, 11) is 0. The van der Waals surface area contributed by atoms with Crippen LogP contribution in [0.3, 0.4) is 0 Å². The third kappa shape index (κ3) is 4.19. The Labute approximate surface area is 141 Å². The Morgan fingerprint density at radius 1 is 1.30 bits per heavy atom. The molecule has 0 radical (unpaired) electrons. The van der Waals surface area contributed by atoms with Crippen LogP contribution in [-0.4, -0.2) is 48.0 Å². The van der Waals surface area contributed by atoms with Gasteiger partial charge in [-0.25, -0.2) is 0 Å². The number of hydrogen-bond donors (Lipinski definition) is 1. The lowest BCUT2D eigenvalue weighted by Gasteiger charge is -2.18. The minimum absolute atomic E-state index is 0.0442. The van der Waals surface area contributed by atoms with Crippen LogP contribution in [0.5, 0.6) is 0 Å². The van der Waals surface area contributed by atoms with Crippen molar-refractivity contribution < 1.29 is 9.59 Å². The standard InChI is InChI=1S/C17H23N3O2S/c1-13-6-8-20(12-13)15-4-2-14(3-5-15)18-16(21)7-9-19-10-11-23-17(19)22/h2-5,13H,6-12H2,1H3,(H,18,21)/t13-/m1/s1. The largest absolute Gasteiger partial charge is 0.371 e. The molecular formula is C17H23N3O2S. The van der Waals surface area contributed by atoms with Crippen molar-refractivity contribution in [2.75, 3.05) is 42.1 Å². The van der Waals surface area contributed by atoms with Gasteiger partial charge in [0.2, 0.25) is 5.91 Å². The molecule has 2 saturated heterocycles. The van der Waals surface area contributed by atoms with Gasteiger partial charge in [0, 0.05) is 49.7 Å². The molecule has 6 heteroatoms. The second-order valence-corrected chi connectivity index (χ2v) is 7.33. The number of amides is 2. The molecule has 23 heavy (non-hydrogen) atoms. The fourth-order valence-corrected chi connectivity index (χ4v) is 3.87. The molecule has 2 heterocycles. The Morgan fingerprint density at radius 2 is 2.09 bits per heavy atom. The van der Waals surface area contributed by atoms with E-state index in [1.165, 1.54) is 23.9 Å². The first-order valence-electron chi connectivity index (χ1n) is 8.18. The fourth-order valence-electron chi connectivity index (χ4n) is 3.01. The molecule has 2 aliphatic rings. The third-order valence-corrected chi connectivity index (χ3v) is 5.29. The van der Waals surface area contributed by atoms with E-state index in [4.69, 9.17) is 0 Å². The van der Waals surface area contributed by atoms with Crippen LogP contribution in [-0.2, 0) is 4.79 Å². The van der Waals surface area contributed by atoms with Crippen LogP contribution in [0.2, 0.25) is 0 Å². The zero-order chi connectivity index (χ0) is 16.2. The van der Waals surface area contributed by atoms with E-state index in [0.717, 1.165) is 37.0 Å². The van der Waals surface area contributed by atoms with Crippen molar-refractivity contribution in [1.82, 2.24) is 4.90 Å². The number of nitrogens with zero attached hydrogens (tertiary/aromatic N) is 2. The number of carbonyl (C=O) groups excluding carboxylic acids is 2. The van der Waals surface area contributed by atoms with Crippen LogP contribution in [0.15, 0.2) is 24.3 Å². The van der Waals surface area contributed by atoms with Crippen molar-refractivity contribution in [2.24, 2.45) is 5.92 Å². The van der Waals surface area contributed by atoms with Crippen LogP contribution < -0.4 is 10.2 Å². The summed E-state index contributed by atoms with van der Waals surface area (Å²) in [4.78, 5) is 27.6. The predicted octanol–water partition coefficient (Wildman–Crippen LogP) is 3.03. The Bertz CT molecular complexity index is 576. The van der Waals surface area contributed by atoms with Gasteiger partial charge in [-0.1, -0.05) is 18.7 Å². The Balaban J connectivity index is 1.47. The molecule has 2 aliphatic heterocycles. The van der Waals surface area contributed by atoms with E-state index >= 15 is 0 Å². The summed E-state index contributed by atoms with van der Waals surface area (Å²) in [6, 6.07) is 8.03. The smallest absolute Gasteiger partial charge is 0.281 e. The molecular weight excluding hydrogens is 310 g/mol. The average molecular weight is 333 g/mol. The normalized spacial score (nSPS) is 21.1. The first kappa shape index (κ1) is 16.2. The molecule has 1 aromatic carbocycles. The summed E-state index contributed by atoms with van der Waals surface area (Å²) in [5.74, 6) is 1.54. The maximum atomic E-state index is 12.0. The monoisotopic (exact) mass is 333 g/mol. The van der Waals surface area contributed by atoms with Crippen molar-refractivity contribution in [3.05, 3.63) is 24.3 Å². The molecule has 3 rings (SSSR count). The molecule has 0 spiro atoms. The van der Waals surface area contributed by atoms with Crippen LogP contribution >= 0.6 is 11.8 Å². The number of nitrogens with one attached hydrogen (secondary N) is 1. The van der Waals surface area contributed by atoms with Gasteiger partial charge in [0.25, 0.3) is 5.24 Å². The predicted molar refractivity (Wildman–Crippen MR) is 95.1 cm³/mol. The van der Waals surface area contributed by atoms with Gasteiger partial charge in [-0.05, 0) is 36.6 Å². The summed E-state index contributed by atoms with van der Waals surface area (Å²) in [5.41, 5.74) is 2.03. The van der Waals surface area contributed by atoms with Gasteiger partial charge in [0.1, 0.15) is 0 Å². The Hall–Kier alpha value is -1.69. The van der Waals surface area contributed by atoms with Crippen LogP contribution in [0.4, 0.5) is 16.2 Å². The van der Waals surface area contributed by atoms with E-state index < -0.39 is 0 Å². The lowest BCUT2D eigenvalue weighted by atomic mass is 10.2. The molecule has 0 saturated carbocycles. The quantitative estimate of drug-likeness (QED) is 0.900. The van der Waals surface area contributed by atoms with Gasteiger partial charge < -0.3 is 15.1 Å². The lowest BCUT2D eigenvalue weighted by Crippen LogP contribution is -2.27. The number of anilines is 2. The molecule has 2 fully saturated rings. The van der Waals surface area contributed by atoms with E-state index in [1.807, 2.05) is 12.1 Å². The molecule has 0 aromatic heterocycles. The van der Waals surface area contributed by atoms with Gasteiger partial charge in [0.15, 0.2) is 0 Å². The lowest BCUT2D eigenvalue weighted by molar-refractivity contribution is -0.116. The molecule has 0 unspecified atom stereocenters. The highest BCUT2D eigenvalue weighted by molar-refractivity contribution is 8.13. The van der Waals surface area contributed by atoms with Crippen molar-refractivity contribution in [3.63, 3.8) is 0 Å². The van der Waals surface area contributed by atoms with Crippen molar-refractivity contribution >= 4 is 34.3 Å². The average Bonchev–Trinajstić information content (AvgIpc) is 3.15. The summed E-state index contributed by atoms with van der Waals surface area (Å²) in [5, 5.41) is 2.99. The number of benzene rings is 1. The fraction of sp³-hybridized carbons (Fsp3) is 0.529. The molecule has 1 aromatic rings. The van der Waals surface area contributed by atoms with E-state index in [0.29, 0.717) is 13.0 Å². The second kappa shape index (κ2) is 7.25. The zero-order valence-corrected chi connectivity index (χ0v) is 14.3. The van der Waals surface area contributed by atoms with Gasteiger partial charge >= 0.3 is 0 Å². The highest BCUT2D eigenvalue weighted by Gasteiger charge is 2.21. The van der Waals surface area contributed by atoms with Gasteiger partial charge in [-0.2, -0.15) is 0 Å². The maximum Gasteiger partial charge on any atom is 0.281 e. The van der Waals surface area contributed by atoms with Crippen LogP contribution in [0.1, 0.15) is 19.8 Å². The third-order valence-electron chi connectivity index (χ3n) is 4.39. The van der Waals surface area contributed by atoms with E-state index in [-0.39, 0.29) is 11.1 Å². The van der Waals surface area contributed by atoms with Gasteiger partial charge in [-0.15, -0.1) is 0 Å². The van der Waals surface area contributed by atoms with E-state index in [9.17, 15) is 9.59 Å². The second-order valence-electron chi connectivity index (χ2n) is 6.29. The number of thioether (sulfide) groups is 1. The van der Waals surface area contributed by atoms with E-state index in [2.05, 4.69) is 29.3 Å². The molecule has 124 valence electrons. The van der Waals surface area contributed by atoms with Gasteiger partial charge in [-0.3, -0.25) is 9.59 Å². The van der Waals surface area contributed by atoms with Crippen LogP contribution in [0.25, 0.3) is 0 Å². The topological polar surface area (TPSA) is 52.7 Å². The highest BCUT2D eigenvalue weighted by Crippen LogP contribution is 2.25. The Morgan fingerprint density at radius 3 is 2.70 bits per heavy atom. The number of carbonyl (C=O) groups is 2. The molecule has 1 atom stereocenters. The summed E-state index contributed by atoms with van der Waals surface area (Å²) in [6.45, 7) is 5.74. The summed E-state index contributed by atoms with van der Waals surface area (Å²) >= 11 is 1.33. The van der Waals surface area contributed by atoms with Crippen molar-refractivity contribution in [3.8, 4) is 0 Å². The SMILES string of the molecule is C[C@@H]1CCN(c2ccc(NC(=O)CCN3CCSC3=O)cc2)C1. The first-order chi connectivity index (χ1) is 11.1. The molecule has 1 N–H and O–H groups in total. The number of hydrogen-bond acceptors (Lipinski definition) is 4. The van der Waals surface area contributed by atoms with Gasteiger partial charge in [0.05, 0.1) is 0 Å². The van der Waals surface area contributed by atoms with Crippen molar-refractivity contribution in [1.29, 1.82) is 0 Å². The zero-order valence-electron chi connectivity index (χ0n) is 13.5. The molecule has 5 nitrogen and oxygen atoms in total. The molecule has 2 amide bonds. The molecule has 0 aliphatic carbocycles. The molecule has 0 bridgehead atoms. The minimum atomic E-state index is -0.0442. The summed E-state index contributed by atoms with van der Waals surface area (Å²) < 4.78 is 0. The maximum absolute atomic E-state index is 12.0.